The summed E-state index contributed by atoms with van der Waals surface area (Å²) in [6, 6.07) is 0. The van der Waals surface area contributed by atoms with Crippen molar-refractivity contribution in [1.82, 2.24) is 25.0 Å². The molecule has 90 valence electrons. The van der Waals surface area contributed by atoms with Gasteiger partial charge in [-0.15, -0.1) is 10.2 Å². The monoisotopic (exact) mass is 225 g/mol. The first-order chi connectivity index (χ1) is 7.75. The molecule has 1 unspecified atom stereocenters. The number of morpholine rings is 1. The van der Waals surface area contributed by atoms with E-state index in [-0.39, 0.29) is 6.10 Å². The van der Waals surface area contributed by atoms with Gasteiger partial charge in [0.05, 0.1) is 19.3 Å². The molecular formula is C10H19N5O. The van der Waals surface area contributed by atoms with Crippen LogP contribution in [-0.2, 0) is 18.3 Å². The van der Waals surface area contributed by atoms with Crippen LogP contribution in [0.3, 0.4) is 0 Å². The van der Waals surface area contributed by atoms with Crippen LogP contribution in [0.5, 0.6) is 0 Å². The van der Waals surface area contributed by atoms with Crippen LogP contribution in [0.2, 0.25) is 0 Å². The Labute approximate surface area is 95.6 Å². The summed E-state index contributed by atoms with van der Waals surface area (Å²) in [4.78, 5) is 2.29. The van der Waals surface area contributed by atoms with Crippen LogP contribution < -0.4 is 5.32 Å². The van der Waals surface area contributed by atoms with Crippen molar-refractivity contribution in [2.75, 3.05) is 33.3 Å². The summed E-state index contributed by atoms with van der Waals surface area (Å²) in [6.07, 6.45) is 1.99. The van der Waals surface area contributed by atoms with Crippen molar-refractivity contribution in [3.8, 4) is 0 Å². The third kappa shape index (κ3) is 3.01. The number of likely N-dealkylation sites (N-methyl/N-ethyl adjacent to an activating group) is 1. The van der Waals surface area contributed by atoms with E-state index >= 15 is 0 Å². The third-order valence-corrected chi connectivity index (χ3v) is 2.80. The van der Waals surface area contributed by atoms with Gasteiger partial charge in [0.25, 0.3) is 0 Å². The highest BCUT2D eigenvalue weighted by Crippen LogP contribution is 2.01. The highest BCUT2D eigenvalue weighted by molar-refractivity contribution is 4.83. The molecule has 0 radical (unpaired) electrons. The number of ether oxygens (including phenoxy) is 1. The van der Waals surface area contributed by atoms with Crippen LogP contribution in [0.25, 0.3) is 0 Å². The predicted octanol–water partition coefficient (Wildman–Crippen LogP) is -0.765. The molecule has 1 aromatic heterocycles. The van der Waals surface area contributed by atoms with Gasteiger partial charge in [0, 0.05) is 26.7 Å². The number of aromatic nitrogens is 3. The fourth-order valence-electron chi connectivity index (χ4n) is 1.80. The Kier molecular flexibility index (Phi) is 3.87. The second-order valence-electron chi connectivity index (χ2n) is 4.24. The predicted molar refractivity (Wildman–Crippen MR) is 59.9 cm³/mol. The Hall–Kier alpha value is -0.980. The van der Waals surface area contributed by atoms with Crippen LogP contribution in [0.1, 0.15) is 5.82 Å². The van der Waals surface area contributed by atoms with Gasteiger partial charge in [0.15, 0.2) is 0 Å². The number of hydrogen-bond donors (Lipinski definition) is 1. The second kappa shape index (κ2) is 5.38. The lowest BCUT2D eigenvalue weighted by Crippen LogP contribution is -2.44. The summed E-state index contributed by atoms with van der Waals surface area (Å²) in [5.74, 6) is 0.948. The second-order valence-corrected chi connectivity index (χ2v) is 4.24. The van der Waals surface area contributed by atoms with Crippen molar-refractivity contribution >= 4 is 0 Å². The lowest BCUT2D eigenvalue weighted by atomic mass is 10.3. The topological polar surface area (TPSA) is 55.2 Å². The Bertz CT molecular complexity index is 327. The van der Waals surface area contributed by atoms with Crippen LogP contribution in [0.15, 0.2) is 6.33 Å². The summed E-state index contributed by atoms with van der Waals surface area (Å²) >= 11 is 0. The maximum absolute atomic E-state index is 5.65. The number of aryl methyl sites for hydroxylation is 1. The largest absolute Gasteiger partial charge is 0.374 e. The molecule has 0 saturated carbocycles. The first kappa shape index (κ1) is 11.5. The van der Waals surface area contributed by atoms with Gasteiger partial charge in [-0.1, -0.05) is 0 Å². The average Bonchev–Trinajstić information content (AvgIpc) is 2.65. The maximum Gasteiger partial charge on any atom is 0.146 e. The molecule has 0 spiro atoms. The summed E-state index contributed by atoms with van der Waals surface area (Å²) in [6.45, 7) is 4.44. The minimum Gasteiger partial charge on any atom is -0.374 e. The van der Waals surface area contributed by atoms with Gasteiger partial charge in [-0.2, -0.15) is 0 Å². The first-order valence-corrected chi connectivity index (χ1v) is 5.59. The van der Waals surface area contributed by atoms with E-state index in [1.165, 1.54) is 0 Å². The molecule has 1 fully saturated rings. The molecule has 0 amide bonds. The molecule has 0 aromatic carbocycles. The van der Waals surface area contributed by atoms with E-state index in [0.717, 1.165) is 38.6 Å². The summed E-state index contributed by atoms with van der Waals surface area (Å²) < 4.78 is 7.57. The van der Waals surface area contributed by atoms with E-state index in [9.17, 15) is 0 Å². The first-order valence-electron chi connectivity index (χ1n) is 5.59. The lowest BCUT2D eigenvalue weighted by Gasteiger charge is -2.30. The molecule has 6 nitrogen and oxygen atoms in total. The van der Waals surface area contributed by atoms with Gasteiger partial charge in [-0.3, -0.25) is 0 Å². The van der Waals surface area contributed by atoms with Crippen LogP contribution in [0, 0.1) is 0 Å². The third-order valence-electron chi connectivity index (χ3n) is 2.80. The highest BCUT2D eigenvalue weighted by Gasteiger charge is 2.17. The molecule has 1 N–H and O–H groups in total. The van der Waals surface area contributed by atoms with Gasteiger partial charge < -0.3 is 19.5 Å². The molecular weight excluding hydrogens is 206 g/mol. The zero-order chi connectivity index (χ0) is 11.4. The van der Waals surface area contributed by atoms with Crippen molar-refractivity contribution in [2.45, 2.75) is 12.6 Å². The van der Waals surface area contributed by atoms with E-state index in [1.807, 2.05) is 11.6 Å². The van der Waals surface area contributed by atoms with Crippen molar-refractivity contribution in [3.63, 3.8) is 0 Å². The highest BCUT2D eigenvalue weighted by atomic mass is 16.5. The van der Waals surface area contributed by atoms with Crippen molar-refractivity contribution in [3.05, 3.63) is 12.2 Å². The maximum atomic E-state index is 5.65. The molecule has 2 rings (SSSR count). The molecule has 1 saturated heterocycles. The van der Waals surface area contributed by atoms with E-state index in [1.54, 1.807) is 6.33 Å². The zero-order valence-electron chi connectivity index (χ0n) is 9.89. The molecule has 0 bridgehead atoms. The lowest BCUT2D eigenvalue weighted by molar-refractivity contribution is -0.0183. The average molecular weight is 225 g/mol. The summed E-state index contributed by atoms with van der Waals surface area (Å²) in [5, 5.41) is 11.2. The molecule has 16 heavy (non-hydrogen) atoms. The van der Waals surface area contributed by atoms with E-state index in [0.29, 0.717) is 0 Å². The Morgan fingerprint density at radius 1 is 1.56 bits per heavy atom. The SMILES string of the molecule is CN1CCOC(CNCc2nncn2C)C1. The van der Waals surface area contributed by atoms with E-state index in [4.69, 9.17) is 4.74 Å². The summed E-state index contributed by atoms with van der Waals surface area (Å²) in [7, 11) is 4.07. The van der Waals surface area contributed by atoms with Crippen molar-refractivity contribution in [2.24, 2.45) is 7.05 Å². The van der Waals surface area contributed by atoms with Gasteiger partial charge in [-0.25, -0.2) is 0 Å². The quantitative estimate of drug-likeness (QED) is 0.729. The zero-order valence-corrected chi connectivity index (χ0v) is 9.89. The number of nitrogens with one attached hydrogen (secondary N) is 1. The minimum absolute atomic E-state index is 0.284. The standard InChI is InChI=1S/C10H19N5O/c1-14-3-4-16-9(7-14)5-11-6-10-13-12-8-15(10)2/h8-9,11H,3-7H2,1-2H3. The molecule has 1 aliphatic heterocycles. The van der Waals surface area contributed by atoms with Crippen molar-refractivity contribution < 1.29 is 4.74 Å². The van der Waals surface area contributed by atoms with Gasteiger partial charge >= 0.3 is 0 Å². The van der Waals surface area contributed by atoms with E-state index in [2.05, 4.69) is 27.5 Å². The molecule has 2 heterocycles. The minimum atomic E-state index is 0.284. The Morgan fingerprint density at radius 3 is 3.12 bits per heavy atom. The number of rotatable bonds is 4. The fourth-order valence-corrected chi connectivity index (χ4v) is 1.80. The molecule has 1 atom stereocenters. The Balaban J connectivity index is 1.70. The molecule has 6 heteroatoms. The Morgan fingerprint density at radius 2 is 2.44 bits per heavy atom. The van der Waals surface area contributed by atoms with Crippen LogP contribution in [-0.4, -0.2) is 59.1 Å². The number of nitrogens with zero attached hydrogens (tertiary/aromatic N) is 4. The van der Waals surface area contributed by atoms with Gasteiger partial charge in [0.2, 0.25) is 0 Å². The van der Waals surface area contributed by atoms with Crippen LogP contribution >= 0.6 is 0 Å². The normalized spacial score (nSPS) is 22.5. The summed E-state index contributed by atoms with van der Waals surface area (Å²) in [5.41, 5.74) is 0. The fraction of sp³-hybridized carbons (Fsp3) is 0.800. The molecule has 0 aliphatic carbocycles. The molecule has 1 aromatic rings. The number of hydrogen-bond acceptors (Lipinski definition) is 5. The van der Waals surface area contributed by atoms with E-state index < -0.39 is 0 Å². The van der Waals surface area contributed by atoms with Crippen molar-refractivity contribution in [1.29, 1.82) is 0 Å². The molecule has 1 aliphatic rings. The van der Waals surface area contributed by atoms with Crippen LogP contribution in [0.4, 0.5) is 0 Å². The smallest absolute Gasteiger partial charge is 0.146 e. The van der Waals surface area contributed by atoms with Gasteiger partial charge in [-0.05, 0) is 7.05 Å². The van der Waals surface area contributed by atoms with Gasteiger partial charge in [0.1, 0.15) is 12.2 Å².